The zero-order valence-corrected chi connectivity index (χ0v) is 11.4. The monoisotopic (exact) mass is 263 g/mol. The fourth-order valence-corrected chi connectivity index (χ4v) is 2.38. The molecule has 2 heterocycles. The highest BCUT2D eigenvalue weighted by Gasteiger charge is 2.22. The Morgan fingerprint density at radius 3 is 2.63 bits per heavy atom. The predicted octanol–water partition coefficient (Wildman–Crippen LogP) is 1.49. The SMILES string of the molecule is CCCC(=O)N1CCCN(C(=O)c2ccc[nH]2)CC1. The number of amides is 2. The van der Waals surface area contributed by atoms with Crippen LogP contribution >= 0.6 is 0 Å². The molecule has 5 heteroatoms. The lowest BCUT2D eigenvalue weighted by molar-refractivity contribution is -0.131. The Hall–Kier alpha value is -1.78. The Morgan fingerprint density at radius 1 is 1.21 bits per heavy atom. The zero-order chi connectivity index (χ0) is 13.7. The van der Waals surface area contributed by atoms with Gasteiger partial charge in [0.05, 0.1) is 0 Å². The average Bonchev–Trinajstić information content (AvgIpc) is 2.82. The summed E-state index contributed by atoms with van der Waals surface area (Å²) in [7, 11) is 0. The standard InChI is InChI=1S/C14H21N3O2/c1-2-5-13(18)16-8-4-9-17(11-10-16)14(19)12-6-3-7-15-12/h3,6-7,15H,2,4-5,8-11H2,1H3. The Bertz CT molecular complexity index is 428. The van der Waals surface area contributed by atoms with E-state index in [0.717, 1.165) is 19.4 Å². The van der Waals surface area contributed by atoms with E-state index in [2.05, 4.69) is 4.98 Å². The molecule has 1 aliphatic heterocycles. The highest BCUT2D eigenvalue weighted by atomic mass is 16.2. The molecular weight excluding hydrogens is 242 g/mol. The fraction of sp³-hybridized carbons (Fsp3) is 0.571. The van der Waals surface area contributed by atoms with E-state index in [1.54, 1.807) is 12.3 Å². The molecule has 0 aliphatic carbocycles. The summed E-state index contributed by atoms with van der Waals surface area (Å²) in [6.07, 6.45) is 4.08. The van der Waals surface area contributed by atoms with Crippen LogP contribution in [-0.2, 0) is 4.79 Å². The first-order valence-electron chi connectivity index (χ1n) is 6.93. The molecule has 0 aromatic carbocycles. The zero-order valence-electron chi connectivity index (χ0n) is 11.4. The van der Waals surface area contributed by atoms with E-state index in [-0.39, 0.29) is 11.8 Å². The van der Waals surface area contributed by atoms with Crippen molar-refractivity contribution >= 4 is 11.8 Å². The van der Waals surface area contributed by atoms with Gasteiger partial charge in [-0.3, -0.25) is 9.59 Å². The lowest BCUT2D eigenvalue weighted by Gasteiger charge is -2.21. The van der Waals surface area contributed by atoms with Crippen LogP contribution < -0.4 is 0 Å². The number of aromatic nitrogens is 1. The maximum Gasteiger partial charge on any atom is 0.270 e. The molecular formula is C14H21N3O2. The third kappa shape index (κ3) is 3.36. The fourth-order valence-electron chi connectivity index (χ4n) is 2.38. The minimum Gasteiger partial charge on any atom is -0.357 e. The van der Waals surface area contributed by atoms with Crippen LogP contribution in [0.15, 0.2) is 18.3 Å². The van der Waals surface area contributed by atoms with Crippen LogP contribution in [0.3, 0.4) is 0 Å². The van der Waals surface area contributed by atoms with Gasteiger partial charge in [0.15, 0.2) is 0 Å². The van der Waals surface area contributed by atoms with Crippen LogP contribution in [-0.4, -0.2) is 52.8 Å². The number of carbonyl (C=O) groups excluding carboxylic acids is 2. The third-order valence-corrected chi connectivity index (χ3v) is 3.43. The average molecular weight is 263 g/mol. The number of carbonyl (C=O) groups is 2. The molecule has 1 aromatic rings. The summed E-state index contributed by atoms with van der Waals surface area (Å²) in [5.74, 6) is 0.228. The van der Waals surface area contributed by atoms with Gasteiger partial charge in [-0.1, -0.05) is 6.92 Å². The van der Waals surface area contributed by atoms with Crippen LogP contribution in [0.4, 0.5) is 0 Å². The lowest BCUT2D eigenvalue weighted by Crippen LogP contribution is -2.37. The molecule has 19 heavy (non-hydrogen) atoms. The van der Waals surface area contributed by atoms with Crippen molar-refractivity contribution in [3.63, 3.8) is 0 Å². The topological polar surface area (TPSA) is 56.4 Å². The van der Waals surface area contributed by atoms with Crippen LogP contribution in [0.25, 0.3) is 0 Å². The first kappa shape index (κ1) is 13.6. The van der Waals surface area contributed by atoms with Gasteiger partial charge in [0, 0.05) is 38.8 Å². The molecule has 1 aliphatic rings. The Labute approximate surface area is 113 Å². The Kier molecular flexibility index (Phi) is 4.60. The summed E-state index contributed by atoms with van der Waals surface area (Å²) in [5, 5.41) is 0. The molecule has 2 amide bonds. The second kappa shape index (κ2) is 6.41. The number of hydrogen-bond donors (Lipinski definition) is 1. The van der Waals surface area contributed by atoms with Gasteiger partial charge >= 0.3 is 0 Å². The highest BCUT2D eigenvalue weighted by Crippen LogP contribution is 2.09. The molecule has 1 N–H and O–H groups in total. The van der Waals surface area contributed by atoms with Crippen molar-refractivity contribution in [2.75, 3.05) is 26.2 Å². The molecule has 1 aromatic heterocycles. The summed E-state index contributed by atoms with van der Waals surface area (Å²) in [5.41, 5.74) is 0.619. The van der Waals surface area contributed by atoms with Gasteiger partial charge in [0.1, 0.15) is 5.69 Å². The van der Waals surface area contributed by atoms with Crippen molar-refractivity contribution < 1.29 is 9.59 Å². The minimum atomic E-state index is 0.0230. The van der Waals surface area contributed by atoms with Crippen LogP contribution in [0.2, 0.25) is 0 Å². The molecule has 0 unspecified atom stereocenters. The van der Waals surface area contributed by atoms with Gasteiger partial charge in [-0.25, -0.2) is 0 Å². The van der Waals surface area contributed by atoms with Crippen molar-refractivity contribution in [1.82, 2.24) is 14.8 Å². The Morgan fingerprint density at radius 2 is 1.95 bits per heavy atom. The van der Waals surface area contributed by atoms with Gasteiger partial charge in [0.25, 0.3) is 5.91 Å². The smallest absolute Gasteiger partial charge is 0.270 e. The molecule has 5 nitrogen and oxygen atoms in total. The van der Waals surface area contributed by atoms with Crippen molar-refractivity contribution in [2.24, 2.45) is 0 Å². The van der Waals surface area contributed by atoms with Gasteiger partial charge < -0.3 is 14.8 Å². The van der Waals surface area contributed by atoms with Gasteiger partial charge in [-0.2, -0.15) is 0 Å². The van der Waals surface area contributed by atoms with Crippen LogP contribution in [0, 0.1) is 0 Å². The number of H-pyrrole nitrogens is 1. The summed E-state index contributed by atoms with van der Waals surface area (Å²) < 4.78 is 0. The van der Waals surface area contributed by atoms with Crippen LogP contribution in [0.1, 0.15) is 36.7 Å². The van der Waals surface area contributed by atoms with E-state index in [9.17, 15) is 9.59 Å². The Balaban J connectivity index is 1.93. The number of aromatic amines is 1. The second-order valence-corrected chi connectivity index (χ2v) is 4.86. The molecule has 0 spiro atoms. The summed E-state index contributed by atoms with van der Waals surface area (Å²) in [6.45, 7) is 4.75. The van der Waals surface area contributed by atoms with Crippen LogP contribution in [0.5, 0.6) is 0 Å². The first-order valence-corrected chi connectivity index (χ1v) is 6.93. The molecule has 1 saturated heterocycles. The molecule has 0 radical (unpaired) electrons. The molecule has 2 rings (SSSR count). The number of nitrogens with one attached hydrogen (secondary N) is 1. The van der Waals surface area contributed by atoms with E-state index < -0.39 is 0 Å². The summed E-state index contributed by atoms with van der Waals surface area (Å²) in [4.78, 5) is 30.7. The van der Waals surface area contributed by atoms with E-state index >= 15 is 0 Å². The molecule has 0 atom stereocenters. The number of hydrogen-bond acceptors (Lipinski definition) is 2. The maximum absolute atomic E-state index is 12.2. The largest absolute Gasteiger partial charge is 0.357 e. The molecule has 0 saturated carbocycles. The maximum atomic E-state index is 12.2. The van der Waals surface area contributed by atoms with Crippen molar-refractivity contribution in [3.8, 4) is 0 Å². The summed E-state index contributed by atoms with van der Waals surface area (Å²) >= 11 is 0. The van der Waals surface area contributed by atoms with Gasteiger partial charge in [0.2, 0.25) is 5.91 Å². The lowest BCUT2D eigenvalue weighted by atomic mass is 10.3. The van der Waals surface area contributed by atoms with Crippen molar-refractivity contribution in [2.45, 2.75) is 26.2 Å². The van der Waals surface area contributed by atoms with Crippen molar-refractivity contribution in [3.05, 3.63) is 24.0 Å². The second-order valence-electron chi connectivity index (χ2n) is 4.86. The summed E-state index contributed by atoms with van der Waals surface area (Å²) in [6, 6.07) is 3.61. The highest BCUT2D eigenvalue weighted by molar-refractivity contribution is 5.92. The van der Waals surface area contributed by atoms with Crippen molar-refractivity contribution in [1.29, 1.82) is 0 Å². The van der Waals surface area contributed by atoms with Gasteiger partial charge in [-0.05, 0) is 25.0 Å². The number of rotatable bonds is 3. The predicted molar refractivity (Wildman–Crippen MR) is 72.8 cm³/mol. The van der Waals surface area contributed by atoms with E-state index in [1.165, 1.54) is 0 Å². The minimum absolute atomic E-state index is 0.0230. The molecule has 0 bridgehead atoms. The van der Waals surface area contributed by atoms with E-state index in [0.29, 0.717) is 31.7 Å². The first-order chi connectivity index (χ1) is 9.22. The number of nitrogens with zero attached hydrogens (tertiary/aromatic N) is 2. The normalized spacial score (nSPS) is 16.3. The van der Waals surface area contributed by atoms with E-state index in [4.69, 9.17) is 0 Å². The quantitative estimate of drug-likeness (QED) is 0.898. The van der Waals surface area contributed by atoms with Gasteiger partial charge in [-0.15, -0.1) is 0 Å². The van der Waals surface area contributed by atoms with E-state index in [1.807, 2.05) is 22.8 Å². The molecule has 1 fully saturated rings. The molecule has 104 valence electrons. The third-order valence-electron chi connectivity index (χ3n) is 3.43.